The van der Waals surface area contributed by atoms with E-state index < -0.39 is 0 Å². The number of hydrogen-bond donors (Lipinski definition) is 4. The molecule has 0 aliphatic carbocycles. The van der Waals surface area contributed by atoms with Crippen molar-refractivity contribution in [3.05, 3.63) is 18.2 Å². The lowest BCUT2D eigenvalue weighted by Gasteiger charge is -2.10. The van der Waals surface area contributed by atoms with Gasteiger partial charge in [0.1, 0.15) is 11.5 Å². The third-order valence-corrected chi connectivity index (χ3v) is 1.58. The summed E-state index contributed by atoms with van der Waals surface area (Å²) in [5.41, 5.74) is 0.339. The fourth-order valence-electron chi connectivity index (χ4n) is 1.10. The molecule has 0 fully saturated rings. The van der Waals surface area contributed by atoms with E-state index in [0.717, 1.165) is 0 Å². The van der Waals surface area contributed by atoms with Crippen LogP contribution in [0.5, 0.6) is 11.5 Å². The van der Waals surface area contributed by atoms with E-state index in [1.807, 2.05) is 13.8 Å². The SMILES string of the molecule is CC(C)NC(=O)Nc1cc(O)cc(O)c1. The summed E-state index contributed by atoms with van der Waals surface area (Å²) in [7, 11) is 0. The van der Waals surface area contributed by atoms with E-state index in [-0.39, 0.29) is 23.6 Å². The van der Waals surface area contributed by atoms with Crippen molar-refractivity contribution in [1.29, 1.82) is 0 Å². The summed E-state index contributed by atoms with van der Waals surface area (Å²) in [4.78, 5) is 11.3. The summed E-state index contributed by atoms with van der Waals surface area (Å²) in [5.74, 6) is -0.204. The first-order valence-electron chi connectivity index (χ1n) is 4.58. The van der Waals surface area contributed by atoms with E-state index in [2.05, 4.69) is 10.6 Å². The highest BCUT2D eigenvalue weighted by Crippen LogP contribution is 2.23. The zero-order valence-corrected chi connectivity index (χ0v) is 8.61. The highest BCUT2D eigenvalue weighted by Gasteiger charge is 2.05. The molecule has 0 aliphatic heterocycles. The molecule has 1 aromatic rings. The fraction of sp³-hybridized carbons (Fsp3) is 0.300. The van der Waals surface area contributed by atoms with Gasteiger partial charge in [0.15, 0.2) is 0 Å². The predicted molar refractivity (Wildman–Crippen MR) is 57.1 cm³/mol. The van der Waals surface area contributed by atoms with Crippen molar-refractivity contribution in [3.8, 4) is 11.5 Å². The Balaban J connectivity index is 2.68. The first-order valence-corrected chi connectivity index (χ1v) is 4.58. The third kappa shape index (κ3) is 3.76. The summed E-state index contributed by atoms with van der Waals surface area (Å²) < 4.78 is 0. The van der Waals surface area contributed by atoms with E-state index in [1.54, 1.807) is 0 Å². The van der Waals surface area contributed by atoms with Crippen molar-refractivity contribution in [2.75, 3.05) is 5.32 Å². The summed E-state index contributed by atoms with van der Waals surface area (Å²) in [6, 6.07) is 3.52. The van der Waals surface area contributed by atoms with Gasteiger partial charge in [0.2, 0.25) is 0 Å². The number of phenols is 2. The second-order valence-corrected chi connectivity index (χ2v) is 3.49. The quantitative estimate of drug-likeness (QED) is 0.598. The largest absolute Gasteiger partial charge is 0.508 e. The van der Waals surface area contributed by atoms with Crippen molar-refractivity contribution in [2.45, 2.75) is 19.9 Å². The molecule has 0 bridgehead atoms. The normalized spacial score (nSPS) is 10.1. The minimum Gasteiger partial charge on any atom is -0.508 e. The van der Waals surface area contributed by atoms with Gasteiger partial charge in [-0.2, -0.15) is 0 Å². The Labute approximate surface area is 87.7 Å². The molecule has 0 heterocycles. The van der Waals surface area contributed by atoms with Crippen LogP contribution in [0.15, 0.2) is 18.2 Å². The van der Waals surface area contributed by atoms with E-state index in [4.69, 9.17) is 10.2 Å². The molecule has 5 nitrogen and oxygen atoms in total. The molecule has 0 aromatic heterocycles. The summed E-state index contributed by atoms with van der Waals surface area (Å²) >= 11 is 0. The average Bonchev–Trinajstić information content (AvgIpc) is 1.98. The maximum atomic E-state index is 11.3. The Kier molecular flexibility index (Phi) is 3.38. The smallest absolute Gasteiger partial charge is 0.319 e. The number of nitrogens with one attached hydrogen (secondary N) is 2. The van der Waals surface area contributed by atoms with Gasteiger partial charge in [-0.25, -0.2) is 4.79 Å². The number of rotatable bonds is 2. The van der Waals surface area contributed by atoms with Crippen LogP contribution in [0.3, 0.4) is 0 Å². The van der Waals surface area contributed by atoms with Crippen molar-refractivity contribution in [2.24, 2.45) is 0 Å². The maximum absolute atomic E-state index is 11.3. The number of carbonyl (C=O) groups is 1. The van der Waals surface area contributed by atoms with Crippen LogP contribution in [0.25, 0.3) is 0 Å². The van der Waals surface area contributed by atoms with Crippen molar-refractivity contribution in [1.82, 2.24) is 5.32 Å². The molecule has 0 radical (unpaired) electrons. The van der Waals surface area contributed by atoms with Crippen LogP contribution in [0.1, 0.15) is 13.8 Å². The molecule has 1 rings (SSSR count). The minimum absolute atomic E-state index is 0.0240. The van der Waals surface area contributed by atoms with Gasteiger partial charge in [-0.1, -0.05) is 0 Å². The molecular weight excluding hydrogens is 196 g/mol. The molecule has 0 saturated carbocycles. The predicted octanol–water partition coefficient (Wildman–Crippen LogP) is 1.63. The molecule has 5 heteroatoms. The monoisotopic (exact) mass is 210 g/mol. The summed E-state index contributed by atoms with van der Waals surface area (Å²) in [6.07, 6.45) is 0. The van der Waals surface area contributed by atoms with Gasteiger partial charge in [0.25, 0.3) is 0 Å². The average molecular weight is 210 g/mol. The van der Waals surface area contributed by atoms with Crippen LogP contribution in [0.2, 0.25) is 0 Å². The standard InChI is InChI=1S/C10H14N2O3/c1-6(2)11-10(15)12-7-3-8(13)5-9(14)4-7/h3-6,13-14H,1-2H3,(H2,11,12,15). The highest BCUT2D eigenvalue weighted by atomic mass is 16.3. The number of aromatic hydroxyl groups is 2. The molecule has 1 aromatic carbocycles. The molecule has 0 unspecified atom stereocenters. The lowest BCUT2D eigenvalue weighted by Crippen LogP contribution is -2.34. The van der Waals surface area contributed by atoms with Crippen LogP contribution >= 0.6 is 0 Å². The van der Waals surface area contributed by atoms with Crippen LogP contribution < -0.4 is 10.6 Å². The molecule has 2 amide bonds. The molecule has 0 spiro atoms. The maximum Gasteiger partial charge on any atom is 0.319 e. The lowest BCUT2D eigenvalue weighted by molar-refractivity contribution is 0.250. The van der Waals surface area contributed by atoms with Crippen molar-refractivity contribution >= 4 is 11.7 Å². The molecule has 0 saturated heterocycles. The molecular formula is C10H14N2O3. The van der Waals surface area contributed by atoms with Gasteiger partial charge >= 0.3 is 6.03 Å². The highest BCUT2D eigenvalue weighted by molar-refractivity contribution is 5.89. The molecule has 15 heavy (non-hydrogen) atoms. The summed E-state index contributed by atoms with van der Waals surface area (Å²) in [6.45, 7) is 3.67. The number of anilines is 1. The van der Waals surface area contributed by atoms with Gasteiger partial charge in [-0.3, -0.25) is 0 Å². The van der Waals surface area contributed by atoms with Gasteiger partial charge in [-0.15, -0.1) is 0 Å². The third-order valence-electron chi connectivity index (χ3n) is 1.58. The zero-order chi connectivity index (χ0) is 11.4. The summed E-state index contributed by atoms with van der Waals surface area (Å²) in [5, 5.41) is 23.4. The van der Waals surface area contributed by atoms with Gasteiger partial charge < -0.3 is 20.8 Å². The van der Waals surface area contributed by atoms with Crippen LogP contribution in [-0.2, 0) is 0 Å². The molecule has 4 N–H and O–H groups in total. The fourth-order valence-corrected chi connectivity index (χ4v) is 1.10. The van der Waals surface area contributed by atoms with E-state index in [1.165, 1.54) is 18.2 Å². The number of hydrogen-bond acceptors (Lipinski definition) is 3. The van der Waals surface area contributed by atoms with Gasteiger partial charge in [0, 0.05) is 29.9 Å². The van der Waals surface area contributed by atoms with Crippen LogP contribution in [0, 0.1) is 0 Å². The van der Waals surface area contributed by atoms with Crippen LogP contribution in [0.4, 0.5) is 10.5 Å². The van der Waals surface area contributed by atoms with E-state index in [0.29, 0.717) is 5.69 Å². The molecule has 82 valence electrons. The van der Waals surface area contributed by atoms with Crippen molar-refractivity contribution < 1.29 is 15.0 Å². The Morgan fingerprint density at radius 3 is 2.20 bits per heavy atom. The Morgan fingerprint density at radius 2 is 1.73 bits per heavy atom. The minimum atomic E-state index is -0.380. The number of urea groups is 1. The number of carbonyl (C=O) groups excluding carboxylic acids is 1. The Hall–Kier alpha value is -1.91. The number of phenolic OH excluding ortho intramolecular Hbond substituents is 2. The van der Waals surface area contributed by atoms with E-state index >= 15 is 0 Å². The Morgan fingerprint density at radius 1 is 1.20 bits per heavy atom. The molecule has 0 atom stereocenters. The topological polar surface area (TPSA) is 81.6 Å². The van der Waals surface area contributed by atoms with E-state index in [9.17, 15) is 4.79 Å². The Bertz CT molecular complexity index is 343. The van der Waals surface area contributed by atoms with Gasteiger partial charge in [-0.05, 0) is 13.8 Å². The number of benzene rings is 1. The number of amides is 2. The first kappa shape index (κ1) is 11.2. The van der Waals surface area contributed by atoms with Crippen molar-refractivity contribution in [3.63, 3.8) is 0 Å². The lowest BCUT2D eigenvalue weighted by atomic mass is 10.3. The van der Waals surface area contributed by atoms with Crippen LogP contribution in [-0.4, -0.2) is 22.3 Å². The first-order chi connectivity index (χ1) is 6.97. The van der Waals surface area contributed by atoms with Gasteiger partial charge in [0.05, 0.1) is 0 Å². The zero-order valence-electron chi connectivity index (χ0n) is 8.61. The second kappa shape index (κ2) is 4.54. The molecule has 0 aliphatic rings. The second-order valence-electron chi connectivity index (χ2n) is 3.49.